The fourth-order valence-electron chi connectivity index (χ4n) is 2.03. The molecule has 17 heavy (non-hydrogen) atoms. The van der Waals surface area contributed by atoms with Gasteiger partial charge in [-0.05, 0) is 35.2 Å². The van der Waals surface area contributed by atoms with Crippen LogP contribution in [0.4, 0.5) is 0 Å². The minimum Gasteiger partial charge on any atom is -0.481 e. The highest BCUT2D eigenvalue weighted by Crippen LogP contribution is 2.26. The Morgan fingerprint density at radius 2 is 2.24 bits per heavy atom. The maximum Gasteiger partial charge on any atom is 0.306 e. The molecule has 1 aliphatic rings. The van der Waals surface area contributed by atoms with Crippen molar-refractivity contribution in [2.75, 3.05) is 0 Å². The zero-order valence-corrected chi connectivity index (χ0v) is 10.6. The van der Waals surface area contributed by atoms with Gasteiger partial charge in [-0.1, -0.05) is 0 Å². The van der Waals surface area contributed by atoms with Crippen molar-refractivity contribution >= 4 is 27.8 Å². The first-order chi connectivity index (χ1) is 8.06. The van der Waals surface area contributed by atoms with Crippen LogP contribution in [0, 0.1) is 5.92 Å². The van der Waals surface area contributed by atoms with E-state index in [2.05, 4.69) is 21.2 Å². The Labute approximate surface area is 106 Å². The largest absolute Gasteiger partial charge is 0.481 e. The van der Waals surface area contributed by atoms with Crippen molar-refractivity contribution in [3.05, 3.63) is 22.6 Å². The van der Waals surface area contributed by atoms with Gasteiger partial charge in [0, 0.05) is 12.1 Å². The summed E-state index contributed by atoms with van der Waals surface area (Å²) >= 11 is 3.12. The van der Waals surface area contributed by atoms with Gasteiger partial charge in [-0.3, -0.25) is 9.59 Å². The number of nitrogens with one attached hydrogen (secondary N) is 1. The summed E-state index contributed by atoms with van der Waals surface area (Å²) in [5.41, 5.74) is 0.440. The van der Waals surface area contributed by atoms with Gasteiger partial charge in [0.2, 0.25) is 0 Å². The number of carboxylic acid groups (broad SMARTS) is 1. The SMILES string of the molecule is O=C(NC1CCC(C(=O)O)C1)c1coc(Br)c1. The van der Waals surface area contributed by atoms with Crippen LogP contribution in [0.15, 0.2) is 21.4 Å². The van der Waals surface area contributed by atoms with E-state index < -0.39 is 5.97 Å². The summed E-state index contributed by atoms with van der Waals surface area (Å²) in [7, 11) is 0. The van der Waals surface area contributed by atoms with Gasteiger partial charge in [-0.15, -0.1) is 0 Å². The molecule has 1 aromatic rings. The van der Waals surface area contributed by atoms with E-state index in [9.17, 15) is 9.59 Å². The topological polar surface area (TPSA) is 79.5 Å². The number of furan rings is 1. The van der Waals surface area contributed by atoms with E-state index in [-0.39, 0.29) is 17.9 Å². The number of carbonyl (C=O) groups excluding carboxylic acids is 1. The molecule has 0 spiro atoms. The number of amides is 1. The normalized spacial score (nSPS) is 23.6. The van der Waals surface area contributed by atoms with Gasteiger partial charge in [0.05, 0.1) is 11.5 Å². The number of aliphatic carboxylic acids is 1. The minimum atomic E-state index is -0.784. The first kappa shape index (κ1) is 12.2. The summed E-state index contributed by atoms with van der Waals surface area (Å²) in [6.45, 7) is 0. The molecular formula is C11H12BrNO4. The molecule has 1 fully saturated rings. The molecule has 2 rings (SSSR count). The molecule has 6 heteroatoms. The molecular weight excluding hydrogens is 290 g/mol. The lowest BCUT2D eigenvalue weighted by Crippen LogP contribution is -2.33. The predicted molar refractivity (Wildman–Crippen MR) is 62.6 cm³/mol. The van der Waals surface area contributed by atoms with E-state index in [0.29, 0.717) is 29.5 Å². The van der Waals surface area contributed by atoms with Crippen LogP contribution < -0.4 is 5.32 Å². The van der Waals surface area contributed by atoms with Crippen molar-refractivity contribution in [1.29, 1.82) is 0 Å². The number of hydrogen-bond donors (Lipinski definition) is 2. The Bertz CT molecular complexity index is 442. The van der Waals surface area contributed by atoms with Gasteiger partial charge >= 0.3 is 5.97 Å². The zero-order chi connectivity index (χ0) is 12.4. The third kappa shape index (κ3) is 2.88. The predicted octanol–water partition coefficient (Wildman–Crippen LogP) is 2.03. The van der Waals surface area contributed by atoms with Crippen molar-refractivity contribution in [2.24, 2.45) is 5.92 Å². The lowest BCUT2D eigenvalue weighted by atomic mass is 10.1. The second-order valence-electron chi connectivity index (χ2n) is 4.16. The van der Waals surface area contributed by atoms with Crippen molar-refractivity contribution in [3.63, 3.8) is 0 Å². The van der Waals surface area contributed by atoms with Crippen LogP contribution in [0.3, 0.4) is 0 Å². The summed E-state index contributed by atoms with van der Waals surface area (Å²) in [5.74, 6) is -1.35. The maximum atomic E-state index is 11.8. The van der Waals surface area contributed by atoms with Gasteiger partial charge in [-0.25, -0.2) is 0 Å². The molecule has 0 aliphatic heterocycles. The second-order valence-corrected chi connectivity index (χ2v) is 4.94. The van der Waals surface area contributed by atoms with Crippen LogP contribution in [-0.2, 0) is 4.79 Å². The summed E-state index contributed by atoms with van der Waals surface area (Å²) in [5, 5.41) is 11.7. The van der Waals surface area contributed by atoms with Crippen LogP contribution in [0.25, 0.3) is 0 Å². The first-order valence-electron chi connectivity index (χ1n) is 5.34. The molecule has 92 valence electrons. The average Bonchev–Trinajstić information content (AvgIpc) is 2.86. The van der Waals surface area contributed by atoms with Crippen LogP contribution in [0.2, 0.25) is 0 Å². The van der Waals surface area contributed by atoms with Crippen LogP contribution in [0.5, 0.6) is 0 Å². The standard InChI is InChI=1S/C11H12BrNO4/c12-9-4-7(5-17-9)10(14)13-8-2-1-6(3-8)11(15)16/h4-6,8H,1-3H2,(H,13,14)(H,15,16). The first-order valence-corrected chi connectivity index (χ1v) is 6.13. The highest BCUT2D eigenvalue weighted by Gasteiger charge is 2.30. The Hall–Kier alpha value is -1.30. The van der Waals surface area contributed by atoms with E-state index in [1.54, 1.807) is 6.07 Å². The van der Waals surface area contributed by atoms with Crippen LogP contribution in [-0.4, -0.2) is 23.0 Å². The van der Waals surface area contributed by atoms with Crippen molar-refractivity contribution < 1.29 is 19.1 Å². The number of carbonyl (C=O) groups is 2. The van der Waals surface area contributed by atoms with E-state index in [0.717, 1.165) is 0 Å². The maximum absolute atomic E-state index is 11.8. The van der Waals surface area contributed by atoms with Crippen molar-refractivity contribution in [1.82, 2.24) is 5.32 Å². The lowest BCUT2D eigenvalue weighted by Gasteiger charge is -2.11. The summed E-state index contributed by atoms with van der Waals surface area (Å²) in [6.07, 6.45) is 3.19. The van der Waals surface area contributed by atoms with Crippen LogP contribution in [0.1, 0.15) is 29.6 Å². The summed E-state index contributed by atoms with van der Waals surface area (Å²) in [6, 6.07) is 1.52. The smallest absolute Gasteiger partial charge is 0.306 e. The summed E-state index contributed by atoms with van der Waals surface area (Å²) < 4.78 is 5.47. The minimum absolute atomic E-state index is 0.0581. The van der Waals surface area contributed by atoms with Crippen molar-refractivity contribution in [3.8, 4) is 0 Å². The van der Waals surface area contributed by atoms with Crippen molar-refractivity contribution in [2.45, 2.75) is 25.3 Å². The lowest BCUT2D eigenvalue weighted by molar-refractivity contribution is -0.141. The van der Waals surface area contributed by atoms with Gasteiger partial charge in [-0.2, -0.15) is 0 Å². The van der Waals surface area contributed by atoms with E-state index in [1.807, 2.05) is 0 Å². The molecule has 0 bridgehead atoms. The van der Waals surface area contributed by atoms with E-state index >= 15 is 0 Å². The van der Waals surface area contributed by atoms with Gasteiger partial charge in [0.15, 0.2) is 4.67 Å². The highest BCUT2D eigenvalue weighted by atomic mass is 79.9. The third-order valence-corrected chi connectivity index (χ3v) is 3.36. The molecule has 1 aliphatic carbocycles. The molecule has 1 saturated carbocycles. The molecule has 1 amide bonds. The van der Waals surface area contributed by atoms with E-state index in [1.165, 1.54) is 6.26 Å². The Balaban J connectivity index is 1.90. The number of hydrogen-bond acceptors (Lipinski definition) is 3. The Kier molecular flexibility index (Phi) is 3.51. The molecule has 2 unspecified atom stereocenters. The number of carboxylic acids is 1. The number of halogens is 1. The molecule has 1 aromatic heterocycles. The third-order valence-electron chi connectivity index (χ3n) is 2.95. The van der Waals surface area contributed by atoms with Crippen LogP contribution >= 0.6 is 15.9 Å². The molecule has 1 heterocycles. The van der Waals surface area contributed by atoms with E-state index in [4.69, 9.17) is 9.52 Å². The molecule has 2 N–H and O–H groups in total. The van der Waals surface area contributed by atoms with Gasteiger partial charge < -0.3 is 14.8 Å². The molecule has 0 saturated heterocycles. The Morgan fingerprint density at radius 3 is 2.76 bits per heavy atom. The van der Waals surface area contributed by atoms with Gasteiger partial charge in [0.25, 0.3) is 5.91 Å². The van der Waals surface area contributed by atoms with Gasteiger partial charge in [0.1, 0.15) is 6.26 Å². The average molecular weight is 302 g/mol. The molecule has 0 aromatic carbocycles. The highest BCUT2D eigenvalue weighted by molar-refractivity contribution is 9.10. The summed E-state index contributed by atoms with van der Waals surface area (Å²) in [4.78, 5) is 22.5. The quantitative estimate of drug-likeness (QED) is 0.895. The number of rotatable bonds is 3. The zero-order valence-electron chi connectivity index (χ0n) is 8.98. The fraction of sp³-hybridized carbons (Fsp3) is 0.455. The molecule has 5 nitrogen and oxygen atoms in total. The second kappa shape index (κ2) is 4.91. The molecule has 2 atom stereocenters. The monoisotopic (exact) mass is 301 g/mol. The molecule has 0 radical (unpaired) electrons. The fourth-order valence-corrected chi connectivity index (χ4v) is 2.37. The Morgan fingerprint density at radius 1 is 1.47 bits per heavy atom.